The number of hydrogen-bond donors (Lipinski definition) is 1. The number of carbonyl (C=O) groups excluding carboxylic acids is 1. The molecule has 3 aromatic rings. The summed E-state index contributed by atoms with van der Waals surface area (Å²) >= 11 is 0. The van der Waals surface area contributed by atoms with Crippen LogP contribution in [0.15, 0.2) is 82.8 Å². The number of aromatic nitrogens is 1. The molecule has 0 aliphatic rings. The van der Waals surface area contributed by atoms with Crippen molar-refractivity contribution >= 4 is 12.1 Å². The van der Waals surface area contributed by atoms with E-state index in [1.54, 1.807) is 36.4 Å². The molecule has 1 aromatic heterocycles. The highest BCUT2D eigenvalue weighted by Gasteiger charge is 2.31. The summed E-state index contributed by atoms with van der Waals surface area (Å²) < 4.78 is 44.6. The van der Waals surface area contributed by atoms with Crippen LogP contribution in [0, 0.1) is 0 Å². The molecule has 0 bridgehead atoms. The van der Waals surface area contributed by atoms with Crippen LogP contribution in [-0.4, -0.2) is 16.7 Å². The monoisotopic (exact) mass is 415 g/mol. The van der Waals surface area contributed by atoms with E-state index < -0.39 is 29.8 Å². The van der Waals surface area contributed by atoms with Crippen LogP contribution in [0.25, 0.3) is 0 Å². The molecule has 0 aliphatic carbocycles. The predicted molar refractivity (Wildman–Crippen MR) is 104 cm³/mol. The fourth-order valence-electron chi connectivity index (χ4n) is 2.47. The van der Waals surface area contributed by atoms with Crippen LogP contribution in [-0.2, 0) is 17.5 Å². The third kappa shape index (κ3) is 5.81. The number of nitrogens with one attached hydrogen (secondary N) is 1. The Morgan fingerprint density at radius 2 is 1.77 bits per heavy atom. The van der Waals surface area contributed by atoms with Crippen LogP contribution < -0.4 is 15.7 Å². The Hall–Kier alpha value is -3.88. The Kier molecular flexibility index (Phi) is 6.31. The number of carbonyl (C=O) groups is 1. The van der Waals surface area contributed by atoms with Gasteiger partial charge in [-0.2, -0.15) is 18.3 Å². The van der Waals surface area contributed by atoms with E-state index in [1.807, 2.05) is 18.2 Å². The zero-order valence-electron chi connectivity index (χ0n) is 15.5. The van der Waals surface area contributed by atoms with Gasteiger partial charge in [-0.1, -0.05) is 30.3 Å². The molecular formula is C21H16F3N3O3. The molecule has 9 heteroatoms. The Balaban J connectivity index is 1.61. The fourth-order valence-corrected chi connectivity index (χ4v) is 2.47. The Morgan fingerprint density at radius 3 is 2.50 bits per heavy atom. The van der Waals surface area contributed by atoms with Gasteiger partial charge in [0.2, 0.25) is 0 Å². The number of benzene rings is 2. The standard InChI is InChI=1S/C21H16F3N3O3/c22-21(23,24)16-9-10-20(29)27(13-16)14-19(28)26-25-12-15-5-4-8-18(11-15)30-17-6-2-1-3-7-17/h1-13H,14H2,(H,26,28)/b25-12-. The van der Waals surface area contributed by atoms with Crippen LogP contribution in [0.1, 0.15) is 11.1 Å². The zero-order chi connectivity index (χ0) is 21.6. The normalized spacial score (nSPS) is 11.4. The van der Waals surface area contributed by atoms with Gasteiger partial charge in [-0.25, -0.2) is 5.43 Å². The van der Waals surface area contributed by atoms with E-state index in [-0.39, 0.29) is 0 Å². The van der Waals surface area contributed by atoms with Crippen molar-refractivity contribution in [1.29, 1.82) is 0 Å². The van der Waals surface area contributed by atoms with Gasteiger partial charge in [0.1, 0.15) is 18.0 Å². The van der Waals surface area contributed by atoms with Gasteiger partial charge < -0.3 is 9.30 Å². The highest BCUT2D eigenvalue weighted by atomic mass is 19.4. The Labute approximate surface area is 169 Å². The minimum atomic E-state index is -4.61. The number of hydrazone groups is 1. The molecule has 3 rings (SSSR count). The highest BCUT2D eigenvalue weighted by Crippen LogP contribution is 2.28. The summed E-state index contributed by atoms with van der Waals surface area (Å²) in [6.45, 7) is -0.600. The highest BCUT2D eigenvalue weighted by molar-refractivity contribution is 5.82. The van der Waals surface area contributed by atoms with E-state index in [2.05, 4.69) is 10.5 Å². The van der Waals surface area contributed by atoms with E-state index in [0.717, 1.165) is 6.07 Å². The first-order valence-electron chi connectivity index (χ1n) is 8.74. The number of nitrogens with zero attached hydrogens (tertiary/aromatic N) is 2. The summed E-state index contributed by atoms with van der Waals surface area (Å²) in [5, 5.41) is 3.77. The van der Waals surface area contributed by atoms with Crippen molar-refractivity contribution in [2.24, 2.45) is 5.10 Å². The largest absolute Gasteiger partial charge is 0.457 e. The van der Waals surface area contributed by atoms with Crippen LogP contribution in [0.2, 0.25) is 0 Å². The third-order valence-corrected chi connectivity index (χ3v) is 3.86. The number of alkyl halides is 3. The summed E-state index contributed by atoms with van der Waals surface area (Å²) in [6.07, 6.45) is -2.67. The molecule has 30 heavy (non-hydrogen) atoms. The van der Waals surface area contributed by atoms with E-state index in [0.29, 0.717) is 33.9 Å². The lowest BCUT2D eigenvalue weighted by atomic mass is 10.2. The van der Waals surface area contributed by atoms with Crippen molar-refractivity contribution in [3.63, 3.8) is 0 Å². The molecule has 0 atom stereocenters. The van der Waals surface area contributed by atoms with Gasteiger partial charge in [0.25, 0.3) is 11.5 Å². The molecule has 2 aromatic carbocycles. The van der Waals surface area contributed by atoms with Crippen LogP contribution >= 0.6 is 0 Å². The van der Waals surface area contributed by atoms with Crippen molar-refractivity contribution in [3.05, 3.63) is 94.4 Å². The van der Waals surface area contributed by atoms with Crippen LogP contribution in [0.5, 0.6) is 11.5 Å². The second kappa shape index (κ2) is 9.08. The molecule has 154 valence electrons. The zero-order valence-corrected chi connectivity index (χ0v) is 15.5. The van der Waals surface area contributed by atoms with Gasteiger partial charge >= 0.3 is 6.18 Å². The summed E-state index contributed by atoms with van der Waals surface area (Å²) in [6, 6.07) is 17.5. The number of hydrogen-bond acceptors (Lipinski definition) is 4. The summed E-state index contributed by atoms with van der Waals surface area (Å²) in [5.74, 6) is 0.475. The topological polar surface area (TPSA) is 72.7 Å². The predicted octanol–water partition coefficient (Wildman–Crippen LogP) is 3.81. The van der Waals surface area contributed by atoms with Crippen LogP contribution in [0.4, 0.5) is 13.2 Å². The maximum atomic E-state index is 12.7. The molecule has 1 N–H and O–H groups in total. The molecule has 0 radical (unpaired) electrons. The van der Waals surface area contributed by atoms with Gasteiger partial charge in [-0.3, -0.25) is 9.59 Å². The maximum Gasteiger partial charge on any atom is 0.417 e. The molecule has 1 heterocycles. The molecule has 0 unspecified atom stereocenters. The third-order valence-electron chi connectivity index (χ3n) is 3.86. The quantitative estimate of drug-likeness (QED) is 0.492. The molecule has 0 spiro atoms. The maximum absolute atomic E-state index is 12.7. The van der Waals surface area contributed by atoms with E-state index >= 15 is 0 Å². The number of pyridine rings is 1. The first-order chi connectivity index (χ1) is 14.3. The Morgan fingerprint density at radius 1 is 1.03 bits per heavy atom. The second-order valence-corrected chi connectivity index (χ2v) is 6.16. The number of rotatable bonds is 6. The molecule has 0 aliphatic heterocycles. The van der Waals surface area contributed by atoms with Crippen molar-refractivity contribution < 1.29 is 22.7 Å². The van der Waals surface area contributed by atoms with Crippen molar-refractivity contribution in [2.75, 3.05) is 0 Å². The number of halogens is 3. The molecule has 0 fully saturated rings. The van der Waals surface area contributed by atoms with Gasteiger partial charge in [0, 0.05) is 12.3 Å². The molecule has 0 saturated heterocycles. The lowest BCUT2D eigenvalue weighted by molar-refractivity contribution is -0.138. The smallest absolute Gasteiger partial charge is 0.417 e. The first-order valence-corrected chi connectivity index (χ1v) is 8.74. The van der Waals surface area contributed by atoms with Gasteiger partial charge in [0.15, 0.2) is 0 Å². The van der Waals surface area contributed by atoms with Crippen molar-refractivity contribution in [2.45, 2.75) is 12.7 Å². The minimum absolute atomic E-state index is 0.562. The van der Waals surface area contributed by atoms with E-state index in [9.17, 15) is 22.8 Å². The van der Waals surface area contributed by atoms with E-state index in [1.165, 1.54) is 6.21 Å². The summed E-state index contributed by atoms with van der Waals surface area (Å²) in [7, 11) is 0. The average Bonchev–Trinajstić information content (AvgIpc) is 2.70. The lowest BCUT2D eigenvalue weighted by Crippen LogP contribution is -2.30. The number of para-hydroxylation sites is 1. The van der Waals surface area contributed by atoms with Gasteiger partial charge in [-0.15, -0.1) is 0 Å². The molecule has 0 saturated carbocycles. The van der Waals surface area contributed by atoms with Crippen LogP contribution in [0.3, 0.4) is 0 Å². The fraction of sp³-hybridized carbons (Fsp3) is 0.0952. The molecule has 1 amide bonds. The lowest BCUT2D eigenvalue weighted by Gasteiger charge is -2.09. The summed E-state index contributed by atoms with van der Waals surface area (Å²) in [4.78, 5) is 23.6. The molecular weight excluding hydrogens is 399 g/mol. The summed E-state index contributed by atoms with van der Waals surface area (Å²) in [5.41, 5.74) is 1.06. The minimum Gasteiger partial charge on any atom is -0.457 e. The van der Waals surface area contributed by atoms with Crippen molar-refractivity contribution in [1.82, 2.24) is 9.99 Å². The average molecular weight is 415 g/mol. The van der Waals surface area contributed by atoms with Gasteiger partial charge in [0.05, 0.1) is 11.8 Å². The second-order valence-electron chi connectivity index (χ2n) is 6.16. The first kappa shape index (κ1) is 20.8. The number of ether oxygens (including phenoxy) is 1. The van der Waals surface area contributed by atoms with Gasteiger partial charge in [-0.05, 0) is 35.9 Å². The SMILES string of the molecule is O=C(Cn1cc(C(F)(F)F)ccc1=O)N/N=C\c1cccc(Oc2ccccc2)c1. The van der Waals surface area contributed by atoms with E-state index in [4.69, 9.17) is 4.74 Å². The number of amides is 1. The Bertz CT molecular complexity index is 1110. The van der Waals surface area contributed by atoms with Crippen molar-refractivity contribution in [3.8, 4) is 11.5 Å². The molecule has 6 nitrogen and oxygen atoms in total.